The molecule has 0 saturated heterocycles. The van der Waals surface area contributed by atoms with E-state index >= 15 is 0 Å². The molecule has 0 aliphatic heterocycles. The Kier molecular flexibility index (Phi) is 7.49. The van der Waals surface area contributed by atoms with Gasteiger partial charge in [0, 0.05) is 39.7 Å². The van der Waals surface area contributed by atoms with Gasteiger partial charge in [0.25, 0.3) is 0 Å². The predicted molar refractivity (Wildman–Crippen MR) is 115 cm³/mol. The smallest absolute Gasteiger partial charge is 0.191 e. The first-order chi connectivity index (χ1) is 11.2. The molecule has 2 N–H and O–H groups in total. The molecule has 1 fully saturated rings. The topological polar surface area (TPSA) is 61.8 Å². The van der Waals surface area contributed by atoms with Gasteiger partial charge in [-0.05, 0) is 25.5 Å². The fraction of sp³-hybridized carbons (Fsp3) is 0.667. The van der Waals surface area contributed by atoms with Crippen molar-refractivity contribution in [1.82, 2.24) is 15.6 Å². The van der Waals surface area contributed by atoms with E-state index < -0.39 is 0 Å². The highest BCUT2D eigenvalue weighted by Crippen LogP contribution is 2.51. The van der Waals surface area contributed by atoms with Crippen LogP contribution in [0.25, 0.3) is 0 Å². The maximum atomic E-state index is 5.68. The summed E-state index contributed by atoms with van der Waals surface area (Å²) in [4.78, 5) is 11.0. The lowest BCUT2D eigenvalue weighted by Gasteiger charge is -2.59. The van der Waals surface area contributed by atoms with E-state index in [-0.39, 0.29) is 35.0 Å². The molecule has 2 rings (SSSR count). The largest absolute Gasteiger partial charge is 0.378 e. The molecule has 25 heavy (non-hydrogen) atoms. The summed E-state index contributed by atoms with van der Waals surface area (Å²) in [6.07, 6.45) is 0.964. The van der Waals surface area contributed by atoms with Gasteiger partial charge in [-0.3, -0.25) is 4.99 Å². The highest BCUT2D eigenvalue weighted by molar-refractivity contribution is 14.0. The molecule has 1 aliphatic rings. The van der Waals surface area contributed by atoms with Crippen molar-refractivity contribution in [3.05, 3.63) is 23.9 Å². The Balaban J connectivity index is 0.00000312. The number of ether oxygens (including phenoxy) is 1. The van der Waals surface area contributed by atoms with Crippen LogP contribution < -0.4 is 15.5 Å². The number of hydrogen-bond acceptors (Lipinski definition) is 4. The normalized spacial score (nSPS) is 24.8. The fourth-order valence-electron chi connectivity index (χ4n) is 3.07. The minimum Gasteiger partial charge on any atom is -0.378 e. The van der Waals surface area contributed by atoms with Crippen molar-refractivity contribution < 1.29 is 4.74 Å². The molecule has 1 saturated carbocycles. The average Bonchev–Trinajstić information content (AvgIpc) is 2.57. The Morgan fingerprint density at radius 1 is 1.36 bits per heavy atom. The van der Waals surface area contributed by atoms with Crippen molar-refractivity contribution in [3.8, 4) is 0 Å². The van der Waals surface area contributed by atoms with Crippen molar-refractivity contribution >= 4 is 35.8 Å². The summed E-state index contributed by atoms with van der Waals surface area (Å²) >= 11 is 0. The van der Waals surface area contributed by atoms with Gasteiger partial charge in [0.2, 0.25) is 0 Å². The minimum absolute atomic E-state index is 0. The SMILES string of the molecule is CN=C(NCc1cccc(N(C)C)n1)NC1CC(C)(OC)C1(C)C.I. The van der Waals surface area contributed by atoms with Gasteiger partial charge in [0.1, 0.15) is 5.82 Å². The van der Waals surface area contributed by atoms with E-state index in [4.69, 9.17) is 4.74 Å². The molecular weight excluding hydrogens is 429 g/mol. The molecular formula is C18H32IN5O. The minimum atomic E-state index is -0.0921. The highest BCUT2D eigenvalue weighted by atomic mass is 127. The van der Waals surface area contributed by atoms with E-state index in [0.717, 1.165) is 23.9 Å². The Morgan fingerprint density at radius 2 is 2.04 bits per heavy atom. The summed E-state index contributed by atoms with van der Waals surface area (Å²) in [7, 11) is 7.56. The molecule has 0 spiro atoms. The van der Waals surface area contributed by atoms with Gasteiger partial charge < -0.3 is 20.3 Å². The Bertz CT molecular complexity index is 605. The van der Waals surface area contributed by atoms with Gasteiger partial charge in [-0.15, -0.1) is 24.0 Å². The number of rotatable bonds is 5. The number of methoxy groups -OCH3 is 1. The van der Waals surface area contributed by atoms with Gasteiger partial charge in [-0.1, -0.05) is 19.9 Å². The van der Waals surface area contributed by atoms with Crippen LogP contribution in [0, 0.1) is 5.41 Å². The number of pyridine rings is 1. The zero-order chi connectivity index (χ0) is 18.0. The van der Waals surface area contributed by atoms with Crippen LogP contribution in [-0.2, 0) is 11.3 Å². The molecule has 2 unspecified atom stereocenters. The standard InChI is InChI=1S/C18H31N5O.HI/c1-17(2)14(11-18(17,3)24-7)22-16(19-4)20-12-13-9-8-10-15(21-13)23(5)6;/h8-10,14H,11-12H2,1-7H3,(H2,19,20,22);1H. The molecule has 142 valence electrons. The third kappa shape index (κ3) is 4.55. The second kappa shape index (κ2) is 8.53. The summed E-state index contributed by atoms with van der Waals surface area (Å²) in [5.74, 6) is 1.75. The first-order valence-electron chi connectivity index (χ1n) is 8.39. The maximum Gasteiger partial charge on any atom is 0.191 e. The third-order valence-electron chi connectivity index (χ3n) is 5.50. The van der Waals surface area contributed by atoms with Gasteiger partial charge in [0.15, 0.2) is 5.96 Å². The van der Waals surface area contributed by atoms with E-state index in [2.05, 4.69) is 41.4 Å². The van der Waals surface area contributed by atoms with Crippen molar-refractivity contribution in [3.63, 3.8) is 0 Å². The number of halogens is 1. The average molecular weight is 461 g/mol. The second-order valence-corrected chi connectivity index (χ2v) is 7.37. The van der Waals surface area contributed by atoms with Gasteiger partial charge in [-0.2, -0.15) is 0 Å². The van der Waals surface area contributed by atoms with Crippen molar-refractivity contribution in [1.29, 1.82) is 0 Å². The number of anilines is 1. The number of nitrogens with zero attached hydrogens (tertiary/aromatic N) is 3. The molecule has 2 atom stereocenters. The molecule has 0 bridgehead atoms. The molecule has 1 aromatic rings. The molecule has 0 amide bonds. The molecule has 0 radical (unpaired) electrons. The monoisotopic (exact) mass is 461 g/mol. The first kappa shape index (κ1) is 22.0. The maximum absolute atomic E-state index is 5.68. The van der Waals surface area contributed by atoms with Gasteiger partial charge in [0.05, 0.1) is 17.8 Å². The summed E-state index contributed by atoms with van der Waals surface area (Å²) in [5.41, 5.74) is 0.937. The molecule has 7 heteroatoms. The quantitative estimate of drug-likeness (QED) is 0.401. The van der Waals surface area contributed by atoms with Gasteiger partial charge in [-0.25, -0.2) is 4.98 Å². The van der Waals surface area contributed by atoms with Crippen LogP contribution in [0.4, 0.5) is 5.82 Å². The Labute approximate surface area is 168 Å². The lowest BCUT2D eigenvalue weighted by molar-refractivity contribution is -0.176. The zero-order valence-corrected chi connectivity index (χ0v) is 18.7. The lowest BCUT2D eigenvalue weighted by atomic mass is 9.56. The van der Waals surface area contributed by atoms with Crippen LogP contribution in [0.5, 0.6) is 0 Å². The Morgan fingerprint density at radius 3 is 2.56 bits per heavy atom. The molecule has 1 aromatic heterocycles. The van der Waals surface area contributed by atoms with Crippen molar-refractivity contribution in [2.45, 2.75) is 45.4 Å². The van der Waals surface area contributed by atoms with E-state index in [1.54, 1.807) is 14.2 Å². The summed E-state index contributed by atoms with van der Waals surface area (Å²) in [6, 6.07) is 6.37. The van der Waals surface area contributed by atoms with Crippen LogP contribution >= 0.6 is 24.0 Å². The molecule has 1 heterocycles. The third-order valence-corrected chi connectivity index (χ3v) is 5.50. The van der Waals surface area contributed by atoms with Crippen LogP contribution in [0.15, 0.2) is 23.2 Å². The summed E-state index contributed by atoms with van der Waals surface area (Å²) in [5, 5.41) is 6.86. The van der Waals surface area contributed by atoms with Crippen LogP contribution in [-0.4, -0.2) is 50.8 Å². The lowest BCUT2D eigenvalue weighted by Crippen LogP contribution is -2.69. The van der Waals surface area contributed by atoms with E-state index in [1.807, 2.05) is 37.2 Å². The van der Waals surface area contributed by atoms with E-state index in [9.17, 15) is 0 Å². The van der Waals surface area contributed by atoms with Crippen LogP contribution in [0.2, 0.25) is 0 Å². The van der Waals surface area contributed by atoms with Crippen LogP contribution in [0.1, 0.15) is 32.9 Å². The van der Waals surface area contributed by atoms with Gasteiger partial charge >= 0.3 is 0 Å². The number of aliphatic imine (C=N–C) groups is 1. The molecule has 1 aliphatic carbocycles. The Hall–Kier alpha value is -1.09. The fourth-order valence-corrected chi connectivity index (χ4v) is 3.07. The summed E-state index contributed by atoms with van der Waals surface area (Å²) in [6.45, 7) is 7.26. The van der Waals surface area contributed by atoms with Crippen LogP contribution in [0.3, 0.4) is 0 Å². The predicted octanol–water partition coefficient (Wildman–Crippen LogP) is 2.63. The highest BCUT2D eigenvalue weighted by Gasteiger charge is 2.58. The second-order valence-electron chi connectivity index (χ2n) is 7.37. The van der Waals surface area contributed by atoms with E-state index in [0.29, 0.717) is 12.6 Å². The van der Waals surface area contributed by atoms with Crippen molar-refractivity contribution in [2.24, 2.45) is 10.4 Å². The number of aromatic nitrogens is 1. The number of nitrogens with one attached hydrogen (secondary N) is 2. The number of guanidine groups is 1. The van der Waals surface area contributed by atoms with E-state index in [1.165, 1.54) is 0 Å². The molecule has 6 nitrogen and oxygen atoms in total. The number of hydrogen-bond donors (Lipinski definition) is 2. The first-order valence-corrected chi connectivity index (χ1v) is 8.39. The zero-order valence-electron chi connectivity index (χ0n) is 16.4. The summed E-state index contributed by atoms with van der Waals surface area (Å²) < 4.78 is 5.68. The molecule has 0 aromatic carbocycles. The van der Waals surface area contributed by atoms with Crippen molar-refractivity contribution in [2.75, 3.05) is 33.2 Å².